The van der Waals surface area contributed by atoms with Crippen molar-refractivity contribution in [1.29, 1.82) is 0 Å². The van der Waals surface area contributed by atoms with E-state index in [1.165, 1.54) is 0 Å². The first-order valence-electron chi connectivity index (χ1n) is 8.53. The lowest BCUT2D eigenvalue weighted by molar-refractivity contribution is -0.148. The summed E-state index contributed by atoms with van der Waals surface area (Å²) in [6.45, 7) is 8.87. The van der Waals surface area contributed by atoms with Crippen LogP contribution in [0.4, 0.5) is 16.6 Å². The van der Waals surface area contributed by atoms with Gasteiger partial charge in [0.2, 0.25) is 5.95 Å². The fourth-order valence-corrected chi connectivity index (χ4v) is 2.62. The maximum absolute atomic E-state index is 12.0. The third-order valence-corrected chi connectivity index (χ3v) is 3.62. The van der Waals surface area contributed by atoms with Gasteiger partial charge in [-0.15, -0.1) is 0 Å². The van der Waals surface area contributed by atoms with Gasteiger partial charge in [0.1, 0.15) is 11.4 Å². The van der Waals surface area contributed by atoms with Crippen molar-refractivity contribution in [2.45, 2.75) is 46.1 Å². The fraction of sp³-hybridized carbons (Fsp3) is 0.647. The lowest BCUT2D eigenvalue weighted by Gasteiger charge is -2.32. The van der Waals surface area contributed by atoms with Gasteiger partial charge >= 0.3 is 12.1 Å². The molecule has 0 unspecified atom stereocenters. The molecule has 2 heterocycles. The molecule has 1 fully saturated rings. The Kier molecular flexibility index (Phi) is 6.17. The van der Waals surface area contributed by atoms with Crippen molar-refractivity contribution in [3.05, 3.63) is 12.3 Å². The predicted molar refractivity (Wildman–Crippen MR) is 93.5 cm³/mol. The molecule has 0 saturated carbocycles. The number of hydrogen-bond donors (Lipinski definition) is 1. The molecule has 8 heteroatoms. The topological polar surface area (TPSA) is 93.7 Å². The number of hydrogen-bond acceptors (Lipinski definition) is 7. The maximum atomic E-state index is 12.0. The first-order chi connectivity index (χ1) is 11.8. The molecule has 1 aromatic heterocycles. The fourth-order valence-electron chi connectivity index (χ4n) is 2.62. The van der Waals surface area contributed by atoms with Gasteiger partial charge in [-0.1, -0.05) is 0 Å². The minimum Gasteiger partial charge on any atom is -0.466 e. The van der Waals surface area contributed by atoms with Crippen molar-refractivity contribution in [3.63, 3.8) is 0 Å². The van der Waals surface area contributed by atoms with E-state index in [0.29, 0.717) is 19.0 Å². The predicted octanol–water partition coefficient (Wildman–Crippen LogP) is 2.60. The van der Waals surface area contributed by atoms with Crippen LogP contribution < -0.4 is 10.2 Å². The molecule has 1 saturated heterocycles. The molecule has 0 aromatic carbocycles. The summed E-state index contributed by atoms with van der Waals surface area (Å²) in [5.74, 6) is 0.499. The zero-order valence-electron chi connectivity index (χ0n) is 15.2. The Morgan fingerprint density at radius 1 is 1.40 bits per heavy atom. The summed E-state index contributed by atoms with van der Waals surface area (Å²) < 4.78 is 10.3. The molecule has 1 amide bonds. The second-order valence-corrected chi connectivity index (χ2v) is 6.90. The van der Waals surface area contributed by atoms with Gasteiger partial charge in [0.05, 0.1) is 12.5 Å². The Hall–Kier alpha value is -2.38. The van der Waals surface area contributed by atoms with E-state index >= 15 is 0 Å². The van der Waals surface area contributed by atoms with Gasteiger partial charge in [0, 0.05) is 19.3 Å². The summed E-state index contributed by atoms with van der Waals surface area (Å²) in [6.07, 6.45) is 2.65. The van der Waals surface area contributed by atoms with E-state index in [-0.39, 0.29) is 17.8 Å². The number of nitrogens with one attached hydrogen (secondary N) is 1. The molecular weight excluding hydrogens is 324 g/mol. The Bertz CT molecular complexity index is 615. The molecule has 0 spiro atoms. The summed E-state index contributed by atoms with van der Waals surface area (Å²) in [5, 5.41) is 2.53. The van der Waals surface area contributed by atoms with Crippen molar-refractivity contribution in [2.75, 3.05) is 29.9 Å². The Labute approximate surface area is 147 Å². The van der Waals surface area contributed by atoms with Crippen LogP contribution >= 0.6 is 0 Å². The standard InChI is InChI=1S/C17H26N4O4/c1-5-24-14(22)12-7-6-10-21(11-12)13-8-9-18-15(19-13)20-16(23)25-17(2,3)4/h8-9,12H,5-7,10-11H2,1-4H3,(H,18,19,20,23)/t12-/m1/s1. The van der Waals surface area contributed by atoms with E-state index in [1.807, 2.05) is 4.90 Å². The minimum absolute atomic E-state index is 0.161. The van der Waals surface area contributed by atoms with Crippen LogP contribution in [0, 0.1) is 5.92 Å². The highest BCUT2D eigenvalue weighted by Gasteiger charge is 2.27. The molecule has 0 bridgehead atoms. The van der Waals surface area contributed by atoms with E-state index in [1.54, 1.807) is 40.0 Å². The molecule has 1 aliphatic rings. The number of anilines is 2. The smallest absolute Gasteiger partial charge is 0.414 e. The number of carbonyl (C=O) groups is 2. The highest BCUT2D eigenvalue weighted by molar-refractivity contribution is 5.82. The number of carbonyl (C=O) groups excluding carboxylic acids is 2. The number of nitrogens with zero attached hydrogens (tertiary/aromatic N) is 3. The Balaban J connectivity index is 2.02. The maximum Gasteiger partial charge on any atom is 0.414 e. The van der Waals surface area contributed by atoms with E-state index in [0.717, 1.165) is 19.4 Å². The summed E-state index contributed by atoms with van der Waals surface area (Å²) in [7, 11) is 0. The first kappa shape index (κ1) is 19.0. The van der Waals surface area contributed by atoms with Gasteiger partial charge in [0.25, 0.3) is 0 Å². The SMILES string of the molecule is CCOC(=O)[C@@H]1CCCN(c2ccnc(NC(=O)OC(C)(C)C)n2)C1. The normalized spacial score (nSPS) is 17.8. The summed E-state index contributed by atoms with van der Waals surface area (Å²) >= 11 is 0. The molecule has 138 valence electrons. The van der Waals surface area contributed by atoms with Crippen molar-refractivity contribution >= 4 is 23.8 Å². The number of piperidine rings is 1. The third kappa shape index (κ3) is 5.88. The van der Waals surface area contributed by atoms with Crippen LogP contribution in [0.5, 0.6) is 0 Å². The molecule has 1 aromatic rings. The largest absolute Gasteiger partial charge is 0.466 e. The average molecular weight is 350 g/mol. The van der Waals surface area contributed by atoms with E-state index in [4.69, 9.17) is 9.47 Å². The van der Waals surface area contributed by atoms with E-state index < -0.39 is 11.7 Å². The Morgan fingerprint density at radius 2 is 2.16 bits per heavy atom. The number of ether oxygens (including phenoxy) is 2. The van der Waals surface area contributed by atoms with Gasteiger partial charge in [-0.2, -0.15) is 4.98 Å². The van der Waals surface area contributed by atoms with Crippen LogP contribution in [-0.2, 0) is 14.3 Å². The van der Waals surface area contributed by atoms with Gasteiger partial charge < -0.3 is 14.4 Å². The quantitative estimate of drug-likeness (QED) is 0.834. The molecule has 1 atom stereocenters. The van der Waals surface area contributed by atoms with Crippen LogP contribution in [0.3, 0.4) is 0 Å². The van der Waals surface area contributed by atoms with E-state index in [9.17, 15) is 9.59 Å². The molecular formula is C17H26N4O4. The van der Waals surface area contributed by atoms with Gasteiger partial charge in [-0.3, -0.25) is 10.1 Å². The summed E-state index contributed by atoms with van der Waals surface area (Å²) in [5.41, 5.74) is -0.596. The molecule has 0 radical (unpaired) electrons. The van der Waals surface area contributed by atoms with Crippen molar-refractivity contribution in [3.8, 4) is 0 Å². The minimum atomic E-state index is -0.604. The van der Waals surface area contributed by atoms with Crippen LogP contribution in [-0.4, -0.2) is 47.3 Å². The molecule has 8 nitrogen and oxygen atoms in total. The monoisotopic (exact) mass is 350 g/mol. The lowest BCUT2D eigenvalue weighted by atomic mass is 9.98. The highest BCUT2D eigenvalue weighted by Crippen LogP contribution is 2.23. The lowest BCUT2D eigenvalue weighted by Crippen LogP contribution is -2.40. The first-order valence-corrected chi connectivity index (χ1v) is 8.53. The Morgan fingerprint density at radius 3 is 2.84 bits per heavy atom. The van der Waals surface area contributed by atoms with Crippen LogP contribution in [0.25, 0.3) is 0 Å². The molecule has 25 heavy (non-hydrogen) atoms. The number of aromatic nitrogens is 2. The molecule has 1 aliphatic heterocycles. The van der Waals surface area contributed by atoms with E-state index in [2.05, 4.69) is 15.3 Å². The molecule has 2 rings (SSSR count). The van der Waals surface area contributed by atoms with Crippen molar-refractivity contribution in [1.82, 2.24) is 9.97 Å². The van der Waals surface area contributed by atoms with Gasteiger partial charge in [-0.25, -0.2) is 9.78 Å². The van der Waals surface area contributed by atoms with Crippen LogP contribution in [0.2, 0.25) is 0 Å². The zero-order valence-corrected chi connectivity index (χ0v) is 15.2. The van der Waals surface area contributed by atoms with Crippen molar-refractivity contribution in [2.24, 2.45) is 5.92 Å². The van der Waals surface area contributed by atoms with Crippen LogP contribution in [0.1, 0.15) is 40.5 Å². The van der Waals surface area contributed by atoms with Gasteiger partial charge in [0.15, 0.2) is 0 Å². The average Bonchev–Trinajstić information content (AvgIpc) is 2.53. The number of rotatable bonds is 4. The summed E-state index contributed by atoms with van der Waals surface area (Å²) in [4.78, 5) is 34.2. The second kappa shape index (κ2) is 8.13. The third-order valence-electron chi connectivity index (χ3n) is 3.62. The zero-order chi connectivity index (χ0) is 18.4. The molecule has 0 aliphatic carbocycles. The van der Waals surface area contributed by atoms with Gasteiger partial charge in [-0.05, 0) is 46.6 Å². The molecule has 1 N–H and O–H groups in total. The van der Waals surface area contributed by atoms with Crippen molar-refractivity contribution < 1.29 is 19.1 Å². The van der Waals surface area contributed by atoms with Crippen LogP contribution in [0.15, 0.2) is 12.3 Å². The number of amides is 1. The summed E-state index contributed by atoms with van der Waals surface area (Å²) in [6, 6.07) is 1.76. The second-order valence-electron chi connectivity index (χ2n) is 6.90. The highest BCUT2D eigenvalue weighted by atomic mass is 16.6. The number of esters is 1.